The fraction of sp³-hybridized carbons (Fsp3) is 0.333. The first kappa shape index (κ1) is 11.4. The summed E-state index contributed by atoms with van der Waals surface area (Å²) in [4.78, 5) is 11.2. The number of hydrogen-bond acceptors (Lipinski definition) is 3. The third kappa shape index (κ3) is 2.38. The third-order valence-corrected chi connectivity index (χ3v) is 2.64. The Morgan fingerprint density at radius 1 is 1.47 bits per heavy atom. The molecule has 2 aromatic heterocycles. The van der Waals surface area contributed by atoms with Gasteiger partial charge in [0.05, 0.1) is 23.6 Å². The standard InChI is InChI=1S/C12H16N4O/c1-3-16-10(6-9(2)14-16)7-15-5-4-12(17)11(13)8-15/h4-6,8H,3,7,13H2,1-2H3. The SMILES string of the molecule is CCn1nc(C)cc1Cn1ccc(=O)c(N)c1. The van der Waals surface area contributed by atoms with Crippen molar-refractivity contribution >= 4 is 5.69 Å². The van der Waals surface area contributed by atoms with Gasteiger partial charge < -0.3 is 10.3 Å². The summed E-state index contributed by atoms with van der Waals surface area (Å²) in [5, 5.41) is 4.38. The highest BCUT2D eigenvalue weighted by atomic mass is 16.1. The lowest BCUT2D eigenvalue weighted by molar-refractivity contribution is 0.596. The molecule has 5 nitrogen and oxygen atoms in total. The molecule has 17 heavy (non-hydrogen) atoms. The van der Waals surface area contributed by atoms with Gasteiger partial charge >= 0.3 is 0 Å². The van der Waals surface area contributed by atoms with E-state index in [0.717, 1.165) is 17.9 Å². The Hall–Kier alpha value is -2.04. The first-order chi connectivity index (χ1) is 8.10. The molecule has 0 amide bonds. The molecule has 0 aromatic carbocycles. The van der Waals surface area contributed by atoms with E-state index >= 15 is 0 Å². The molecule has 0 atom stereocenters. The zero-order valence-electron chi connectivity index (χ0n) is 10.1. The van der Waals surface area contributed by atoms with E-state index in [2.05, 4.69) is 12.0 Å². The van der Waals surface area contributed by atoms with Gasteiger partial charge in [-0.25, -0.2) is 0 Å². The molecule has 2 heterocycles. The van der Waals surface area contributed by atoms with Gasteiger partial charge in [0.1, 0.15) is 0 Å². The summed E-state index contributed by atoms with van der Waals surface area (Å²) in [7, 11) is 0. The van der Waals surface area contributed by atoms with Crippen molar-refractivity contribution in [3.63, 3.8) is 0 Å². The highest BCUT2D eigenvalue weighted by Crippen LogP contribution is 2.06. The van der Waals surface area contributed by atoms with Gasteiger partial charge in [-0.1, -0.05) is 0 Å². The Balaban J connectivity index is 2.30. The molecule has 2 rings (SSSR count). The molecule has 0 saturated carbocycles. The molecule has 5 heteroatoms. The topological polar surface area (TPSA) is 65.8 Å². The maximum absolute atomic E-state index is 11.2. The monoisotopic (exact) mass is 232 g/mol. The number of nitrogens with zero attached hydrogens (tertiary/aromatic N) is 3. The van der Waals surface area contributed by atoms with Gasteiger partial charge in [0.2, 0.25) is 5.43 Å². The summed E-state index contributed by atoms with van der Waals surface area (Å²) in [5.74, 6) is 0. The maximum Gasteiger partial charge on any atom is 0.204 e. The number of nitrogen functional groups attached to an aromatic ring is 1. The Bertz CT molecular complexity index is 582. The average Bonchev–Trinajstić information content (AvgIpc) is 2.64. The number of aryl methyl sites for hydroxylation is 2. The highest BCUT2D eigenvalue weighted by Gasteiger charge is 2.04. The van der Waals surface area contributed by atoms with Crippen LogP contribution in [-0.2, 0) is 13.1 Å². The molecule has 2 N–H and O–H groups in total. The highest BCUT2D eigenvalue weighted by molar-refractivity contribution is 5.33. The van der Waals surface area contributed by atoms with Crippen molar-refractivity contribution in [2.24, 2.45) is 0 Å². The summed E-state index contributed by atoms with van der Waals surface area (Å²) in [5.41, 5.74) is 7.83. The summed E-state index contributed by atoms with van der Waals surface area (Å²) >= 11 is 0. The first-order valence-corrected chi connectivity index (χ1v) is 5.59. The van der Waals surface area contributed by atoms with Crippen molar-refractivity contribution < 1.29 is 0 Å². The van der Waals surface area contributed by atoms with E-state index in [1.165, 1.54) is 6.07 Å². The number of rotatable bonds is 3. The van der Waals surface area contributed by atoms with Gasteiger partial charge in [-0.15, -0.1) is 0 Å². The quantitative estimate of drug-likeness (QED) is 0.858. The second-order valence-electron chi connectivity index (χ2n) is 4.03. The maximum atomic E-state index is 11.2. The number of pyridine rings is 1. The molecule has 0 spiro atoms. The van der Waals surface area contributed by atoms with Crippen LogP contribution in [0.3, 0.4) is 0 Å². The van der Waals surface area contributed by atoms with E-state index < -0.39 is 0 Å². The molecule has 0 fully saturated rings. The van der Waals surface area contributed by atoms with Crippen molar-refractivity contribution in [1.82, 2.24) is 14.3 Å². The normalized spacial score (nSPS) is 10.7. The van der Waals surface area contributed by atoms with Crippen molar-refractivity contribution in [2.75, 3.05) is 5.73 Å². The van der Waals surface area contributed by atoms with Crippen LogP contribution in [0.2, 0.25) is 0 Å². The summed E-state index contributed by atoms with van der Waals surface area (Å²) < 4.78 is 3.84. The molecule has 90 valence electrons. The molecule has 0 bridgehead atoms. The zero-order valence-corrected chi connectivity index (χ0v) is 10.1. The third-order valence-electron chi connectivity index (χ3n) is 2.64. The molecule has 0 aliphatic rings. The van der Waals surface area contributed by atoms with Gasteiger partial charge in [-0.3, -0.25) is 9.48 Å². The fourth-order valence-corrected chi connectivity index (χ4v) is 1.83. The molecule has 2 aromatic rings. The number of nitrogens with two attached hydrogens (primary N) is 1. The van der Waals surface area contributed by atoms with Gasteiger partial charge in [0, 0.05) is 25.0 Å². The van der Waals surface area contributed by atoms with Crippen LogP contribution in [0.5, 0.6) is 0 Å². The van der Waals surface area contributed by atoms with Gasteiger partial charge in [0.15, 0.2) is 0 Å². The van der Waals surface area contributed by atoms with Crippen molar-refractivity contribution in [1.29, 1.82) is 0 Å². The molecule has 0 aliphatic carbocycles. The van der Waals surface area contributed by atoms with Crippen LogP contribution in [0, 0.1) is 6.92 Å². The van der Waals surface area contributed by atoms with E-state index in [9.17, 15) is 4.79 Å². The lowest BCUT2D eigenvalue weighted by Crippen LogP contribution is -2.13. The van der Waals surface area contributed by atoms with Crippen LogP contribution in [0.1, 0.15) is 18.3 Å². The Morgan fingerprint density at radius 3 is 2.88 bits per heavy atom. The predicted octanol–water partition coefficient (Wildman–Crippen LogP) is 1.00. The van der Waals surface area contributed by atoms with E-state index in [-0.39, 0.29) is 11.1 Å². The summed E-state index contributed by atoms with van der Waals surface area (Å²) in [6, 6.07) is 3.52. The molecular formula is C12H16N4O. The minimum Gasteiger partial charge on any atom is -0.394 e. The van der Waals surface area contributed by atoms with E-state index in [4.69, 9.17) is 5.73 Å². The summed E-state index contributed by atoms with van der Waals surface area (Å²) in [6.07, 6.45) is 3.39. The number of hydrogen-bond donors (Lipinski definition) is 1. The molecule has 0 saturated heterocycles. The van der Waals surface area contributed by atoms with E-state index in [0.29, 0.717) is 6.54 Å². The minimum absolute atomic E-state index is 0.138. The van der Waals surface area contributed by atoms with Gasteiger partial charge in [-0.05, 0) is 19.9 Å². The molecule has 0 radical (unpaired) electrons. The van der Waals surface area contributed by atoms with Crippen molar-refractivity contribution in [3.8, 4) is 0 Å². The van der Waals surface area contributed by atoms with Gasteiger partial charge in [-0.2, -0.15) is 5.10 Å². The molecule has 0 aliphatic heterocycles. The van der Waals surface area contributed by atoms with Crippen LogP contribution < -0.4 is 11.2 Å². The number of anilines is 1. The van der Waals surface area contributed by atoms with Crippen LogP contribution >= 0.6 is 0 Å². The van der Waals surface area contributed by atoms with E-state index in [1.54, 1.807) is 12.4 Å². The lowest BCUT2D eigenvalue weighted by Gasteiger charge is -2.08. The molecule has 0 unspecified atom stereocenters. The lowest BCUT2D eigenvalue weighted by atomic mass is 10.3. The Morgan fingerprint density at radius 2 is 2.24 bits per heavy atom. The van der Waals surface area contributed by atoms with Crippen LogP contribution in [0.25, 0.3) is 0 Å². The predicted molar refractivity (Wildman–Crippen MR) is 66.9 cm³/mol. The van der Waals surface area contributed by atoms with Crippen LogP contribution in [-0.4, -0.2) is 14.3 Å². The van der Waals surface area contributed by atoms with Gasteiger partial charge in [0.25, 0.3) is 0 Å². The number of aromatic nitrogens is 3. The van der Waals surface area contributed by atoms with E-state index in [1.807, 2.05) is 22.2 Å². The second kappa shape index (κ2) is 4.45. The Kier molecular flexibility index (Phi) is 2.99. The largest absolute Gasteiger partial charge is 0.394 e. The van der Waals surface area contributed by atoms with Crippen LogP contribution in [0.4, 0.5) is 5.69 Å². The minimum atomic E-state index is -0.138. The zero-order chi connectivity index (χ0) is 12.4. The smallest absolute Gasteiger partial charge is 0.204 e. The Labute approximate surface area is 99.5 Å². The van der Waals surface area contributed by atoms with Crippen LogP contribution in [0.15, 0.2) is 29.3 Å². The average molecular weight is 232 g/mol. The fourth-order valence-electron chi connectivity index (χ4n) is 1.83. The summed E-state index contributed by atoms with van der Waals surface area (Å²) in [6.45, 7) is 5.52. The van der Waals surface area contributed by atoms with Crippen molar-refractivity contribution in [2.45, 2.75) is 26.9 Å². The van der Waals surface area contributed by atoms with Crippen molar-refractivity contribution in [3.05, 3.63) is 46.1 Å². The molecular weight excluding hydrogens is 216 g/mol. The second-order valence-corrected chi connectivity index (χ2v) is 4.03. The first-order valence-electron chi connectivity index (χ1n) is 5.59.